The van der Waals surface area contributed by atoms with Crippen LogP contribution in [0.1, 0.15) is 66.7 Å². The first kappa shape index (κ1) is 23.7. The van der Waals surface area contributed by atoms with Gasteiger partial charge in [-0.05, 0) is 38.5 Å². The maximum absolute atomic E-state index is 10.9. The monoisotopic (exact) mass is 332 g/mol. The molecule has 0 spiro atoms. The van der Waals surface area contributed by atoms with E-state index in [9.17, 15) is 14.4 Å². The molecule has 6 nitrogen and oxygen atoms in total. The van der Waals surface area contributed by atoms with Crippen molar-refractivity contribution in [1.82, 2.24) is 0 Å². The van der Waals surface area contributed by atoms with Crippen molar-refractivity contribution >= 4 is 17.9 Å². The summed E-state index contributed by atoms with van der Waals surface area (Å²) in [7, 11) is 0. The van der Waals surface area contributed by atoms with Crippen molar-refractivity contribution in [2.24, 2.45) is 5.92 Å². The van der Waals surface area contributed by atoms with Gasteiger partial charge in [-0.2, -0.15) is 0 Å². The van der Waals surface area contributed by atoms with Crippen LogP contribution in [0.3, 0.4) is 0 Å². The molecule has 0 aliphatic heterocycles. The van der Waals surface area contributed by atoms with Gasteiger partial charge in [0.15, 0.2) is 0 Å². The summed E-state index contributed by atoms with van der Waals surface area (Å²) >= 11 is 0. The Balaban J connectivity index is 0. The van der Waals surface area contributed by atoms with Crippen LogP contribution >= 0.6 is 0 Å². The molecule has 0 aromatic rings. The summed E-state index contributed by atoms with van der Waals surface area (Å²) in [6.07, 6.45) is 3.89. The maximum Gasteiger partial charge on any atom is 0.305 e. The third kappa shape index (κ3) is 25.7. The SMILES string of the molecule is CC(=O)OCCC(C)C.CCOC(=O)CCCCCOC(C)=O. The molecule has 136 valence electrons. The van der Waals surface area contributed by atoms with E-state index in [1.165, 1.54) is 13.8 Å². The molecule has 0 bridgehead atoms. The van der Waals surface area contributed by atoms with Gasteiger partial charge in [0.25, 0.3) is 0 Å². The van der Waals surface area contributed by atoms with Crippen molar-refractivity contribution in [2.45, 2.75) is 66.7 Å². The summed E-state index contributed by atoms with van der Waals surface area (Å²) in [5.74, 6) is 0.0235. The fraction of sp³-hybridized carbons (Fsp3) is 0.824. The average Bonchev–Trinajstić information content (AvgIpc) is 2.42. The minimum atomic E-state index is -0.254. The number of unbranched alkanes of at least 4 members (excludes halogenated alkanes) is 2. The topological polar surface area (TPSA) is 78.9 Å². The summed E-state index contributed by atoms with van der Waals surface area (Å²) < 4.78 is 14.2. The molecule has 6 heteroatoms. The van der Waals surface area contributed by atoms with Gasteiger partial charge in [-0.1, -0.05) is 13.8 Å². The molecular weight excluding hydrogens is 300 g/mol. The Labute approximate surface area is 139 Å². The average molecular weight is 332 g/mol. The van der Waals surface area contributed by atoms with Gasteiger partial charge in [0, 0.05) is 20.3 Å². The van der Waals surface area contributed by atoms with E-state index in [1.54, 1.807) is 6.92 Å². The molecule has 0 fully saturated rings. The van der Waals surface area contributed by atoms with Crippen LogP contribution in [0, 0.1) is 5.92 Å². The molecule has 0 heterocycles. The van der Waals surface area contributed by atoms with Crippen LogP contribution < -0.4 is 0 Å². The molecule has 23 heavy (non-hydrogen) atoms. The fourth-order valence-electron chi connectivity index (χ4n) is 1.44. The second-order valence-electron chi connectivity index (χ2n) is 5.48. The second kappa shape index (κ2) is 16.8. The highest BCUT2D eigenvalue weighted by Crippen LogP contribution is 2.01. The number of carbonyl (C=O) groups is 3. The highest BCUT2D eigenvalue weighted by atomic mass is 16.5. The molecule has 0 radical (unpaired) electrons. The van der Waals surface area contributed by atoms with Gasteiger partial charge in [-0.15, -0.1) is 0 Å². The molecule has 0 aliphatic rings. The lowest BCUT2D eigenvalue weighted by molar-refractivity contribution is -0.144. The Morgan fingerprint density at radius 3 is 1.87 bits per heavy atom. The van der Waals surface area contributed by atoms with Crippen molar-refractivity contribution in [3.63, 3.8) is 0 Å². The summed E-state index contributed by atoms with van der Waals surface area (Å²) in [6, 6.07) is 0. The first-order chi connectivity index (χ1) is 10.8. The molecule has 0 aromatic carbocycles. The van der Waals surface area contributed by atoms with Crippen LogP contribution in [0.15, 0.2) is 0 Å². The van der Waals surface area contributed by atoms with Gasteiger partial charge in [0.05, 0.1) is 19.8 Å². The summed E-state index contributed by atoms with van der Waals surface area (Å²) in [4.78, 5) is 31.5. The Kier molecular flexibility index (Phi) is 17.3. The Morgan fingerprint density at radius 2 is 1.39 bits per heavy atom. The van der Waals surface area contributed by atoms with Crippen LogP contribution in [-0.2, 0) is 28.6 Å². The lowest BCUT2D eigenvalue weighted by Gasteiger charge is -2.02. The predicted molar refractivity (Wildman–Crippen MR) is 87.8 cm³/mol. The highest BCUT2D eigenvalue weighted by Gasteiger charge is 2.00. The van der Waals surface area contributed by atoms with Crippen molar-refractivity contribution in [3.8, 4) is 0 Å². The van der Waals surface area contributed by atoms with Gasteiger partial charge in [-0.25, -0.2) is 0 Å². The molecular formula is C17H32O6. The number of carbonyl (C=O) groups excluding carboxylic acids is 3. The summed E-state index contributed by atoms with van der Waals surface area (Å²) in [6.45, 7) is 10.3. The van der Waals surface area contributed by atoms with Crippen LogP contribution in [0.2, 0.25) is 0 Å². The molecule has 0 amide bonds. The molecule has 0 aromatic heterocycles. The van der Waals surface area contributed by atoms with Crippen molar-refractivity contribution in [1.29, 1.82) is 0 Å². The van der Waals surface area contributed by atoms with Gasteiger partial charge < -0.3 is 14.2 Å². The predicted octanol–water partition coefficient (Wildman–Crippen LogP) is 3.27. The van der Waals surface area contributed by atoms with Crippen LogP contribution in [0.5, 0.6) is 0 Å². The fourth-order valence-corrected chi connectivity index (χ4v) is 1.44. The minimum Gasteiger partial charge on any atom is -0.466 e. The first-order valence-electron chi connectivity index (χ1n) is 8.21. The van der Waals surface area contributed by atoms with E-state index in [2.05, 4.69) is 13.8 Å². The van der Waals surface area contributed by atoms with Crippen LogP contribution in [0.25, 0.3) is 0 Å². The Bertz CT molecular complexity index is 325. The molecule has 0 saturated carbocycles. The largest absolute Gasteiger partial charge is 0.466 e. The van der Waals surface area contributed by atoms with Crippen molar-refractivity contribution in [3.05, 3.63) is 0 Å². The van der Waals surface area contributed by atoms with E-state index in [-0.39, 0.29) is 17.9 Å². The van der Waals surface area contributed by atoms with Crippen molar-refractivity contribution < 1.29 is 28.6 Å². The van der Waals surface area contributed by atoms with Gasteiger partial charge in [0.1, 0.15) is 0 Å². The third-order valence-corrected chi connectivity index (χ3v) is 2.64. The van der Waals surface area contributed by atoms with Crippen LogP contribution in [-0.4, -0.2) is 37.7 Å². The van der Waals surface area contributed by atoms with Crippen LogP contribution in [0.4, 0.5) is 0 Å². The van der Waals surface area contributed by atoms with Gasteiger partial charge >= 0.3 is 17.9 Å². The summed E-state index contributed by atoms with van der Waals surface area (Å²) in [5.41, 5.74) is 0. The molecule has 0 N–H and O–H groups in total. The van der Waals surface area contributed by atoms with Crippen molar-refractivity contribution in [2.75, 3.05) is 19.8 Å². The van der Waals surface area contributed by atoms with E-state index in [0.29, 0.717) is 32.2 Å². The first-order valence-corrected chi connectivity index (χ1v) is 8.21. The quantitative estimate of drug-likeness (QED) is 0.347. The third-order valence-electron chi connectivity index (χ3n) is 2.64. The second-order valence-corrected chi connectivity index (χ2v) is 5.48. The number of rotatable bonds is 10. The lowest BCUT2D eigenvalue weighted by atomic mass is 10.1. The number of ether oxygens (including phenoxy) is 3. The zero-order valence-corrected chi connectivity index (χ0v) is 15.2. The highest BCUT2D eigenvalue weighted by molar-refractivity contribution is 5.69. The number of hydrogen-bond donors (Lipinski definition) is 0. The van der Waals surface area contributed by atoms with E-state index in [0.717, 1.165) is 25.7 Å². The van der Waals surface area contributed by atoms with E-state index in [4.69, 9.17) is 14.2 Å². The zero-order valence-electron chi connectivity index (χ0n) is 15.2. The molecule has 0 atom stereocenters. The number of esters is 3. The normalized spacial score (nSPS) is 9.65. The number of hydrogen-bond acceptors (Lipinski definition) is 6. The van der Waals surface area contributed by atoms with Gasteiger partial charge in [0.2, 0.25) is 0 Å². The van der Waals surface area contributed by atoms with Gasteiger partial charge in [-0.3, -0.25) is 14.4 Å². The lowest BCUT2D eigenvalue weighted by Crippen LogP contribution is -2.04. The zero-order chi connectivity index (χ0) is 18.1. The van der Waals surface area contributed by atoms with E-state index in [1.807, 2.05) is 0 Å². The van der Waals surface area contributed by atoms with E-state index < -0.39 is 0 Å². The smallest absolute Gasteiger partial charge is 0.305 e. The maximum atomic E-state index is 10.9. The Hall–Kier alpha value is -1.59. The minimum absolute atomic E-state index is 0.153. The summed E-state index contributed by atoms with van der Waals surface area (Å²) in [5, 5.41) is 0. The van der Waals surface area contributed by atoms with E-state index >= 15 is 0 Å². The molecule has 0 rings (SSSR count). The molecule has 0 aliphatic carbocycles. The molecule has 0 unspecified atom stereocenters. The molecule has 0 saturated heterocycles. The Morgan fingerprint density at radius 1 is 0.826 bits per heavy atom. The standard InChI is InChI=1S/C10H18O4.C7H14O2/c1-3-13-10(12)7-5-4-6-8-14-9(2)11;1-6(2)4-5-9-7(3)8/h3-8H2,1-2H3;6H,4-5H2,1-3H3.